The van der Waals surface area contributed by atoms with Gasteiger partial charge < -0.3 is 5.11 Å². The fraction of sp³-hybridized carbons (Fsp3) is 0.125. The molecule has 0 aliphatic carbocycles. The Morgan fingerprint density at radius 1 is 1.27 bits per heavy atom. The quantitative estimate of drug-likeness (QED) is 0.648. The topological polar surface area (TPSA) is 37.3 Å². The van der Waals surface area contributed by atoms with Gasteiger partial charge in [0.25, 0.3) is 0 Å². The molecule has 0 aromatic rings. The maximum Gasteiger partial charge on any atom is 0.320 e. The molecule has 11 heavy (non-hydrogen) atoms. The number of rotatable bonds is 1. The molecule has 1 atom stereocenters. The number of hydrogen-bond donors (Lipinski definition) is 1. The molecule has 0 amide bonds. The Morgan fingerprint density at radius 3 is 2.73 bits per heavy atom. The van der Waals surface area contributed by atoms with Gasteiger partial charge >= 0.3 is 5.97 Å². The van der Waals surface area contributed by atoms with Gasteiger partial charge in [0.15, 0.2) is 0 Å². The van der Waals surface area contributed by atoms with Crippen LogP contribution in [0.4, 0.5) is 0 Å². The van der Waals surface area contributed by atoms with E-state index in [4.69, 9.17) is 5.11 Å². The van der Waals surface area contributed by atoms with Crippen LogP contribution in [0.5, 0.6) is 0 Å². The fourth-order valence-corrected chi connectivity index (χ4v) is 1.30. The van der Waals surface area contributed by atoms with E-state index in [2.05, 4.69) is 0 Å². The van der Waals surface area contributed by atoms with Crippen molar-refractivity contribution in [2.75, 3.05) is 0 Å². The summed E-state index contributed by atoms with van der Waals surface area (Å²) < 4.78 is 0. The van der Waals surface area contributed by atoms with Gasteiger partial charge in [0, 0.05) is 0 Å². The van der Waals surface area contributed by atoms with Crippen LogP contribution in [-0.2, 0) is 4.79 Å². The van der Waals surface area contributed by atoms with Crippen molar-refractivity contribution in [3.63, 3.8) is 0 Å². The molecule has 1 aliphatic rings. The molecule has 0 spiro atoms. The zero-order chi connectivity index (χ0) is 8.10. The third kappa shape index (κ3) is 2.63. The summed E-state index contributed by atoms with van der Waals surface area (Å²) in [4.78, 5) is 10.5. The minimum atomic E-state index is -0.800. The molecule has 0 saturated heterocycles. The van der Waals surface area contributed by atoms with Crippen molar-refractivity contribution in [2.24, 2.45) is 0 Å². The second-order valence-corrected chi connectivity index (χ2v) is 3.05. The van der Waals surface area contributed by atoms with Crippen molar-refractivity contribution in [1.82, 2.24) is 0 Å². The van der Waals surface area contributed by atoms with Crippen LogP contribution in [0.15, 0.2) is 35.8 Å². The van der Waals surface area contributed by atoms with Crippen molar-refractivity contribution in [3.05, 3.63) is 35.8 Å². The first-order chi connectivity index (χ1) is 5.30. The number of carboxylic acids is 1. The maximum atomic E-state index is 10.5. The molecule has 0 bridgehead atoms. The summed E-state index contributed by atoms with van der Waals surface area (Å²) in [5, 5.41) is 9.95. The Labute approximate surface area is 69.3 Å². The molecule has 0 saturated carbocycles. The summed E-state index contributed by atoms with van der Waals surface area (Å²) in [6.07, 6.45) is 8.90. The summed E-state index contributed by atoms with van der Waals surface area (Å²) >= 11 is 1.29. The zero-order valence-corrected chi connectivity index (χ0v) is 6.62. The molecule has 0 fully saturated rings. The lowest BCUT2D eigenvalue weighted by Gasteiger charge is -2.02. The second-order valence-electron chi connectivity index (χ2n) is 1.99. The lowest BCUT2D eigenvalue weighted by atomic mass is 10.3. The zero-order valence-electron chi connectivity index (χ0n) is 5.81. The van der Waals surface area contributed by atoms with Gasteiger partial charge in [-0.1, -0.05) is 30.4 Å². The molecule has 1 aliphatic heterocycles. The Morgan fingerprint density at radius 2 is 2.00 bits per heavy atom. The molecule has 3 heteroatoms. The van der Waals surface area contributed by atoms with Crippen molar-refractivity contribution in [1.29, 1.82) is 0 Å². The van der Waals surface area contributed by atoms with Crippen LogP contribution in [0.25, 0.3) is 0 Å². The van der Waals surface area contributed by atoms with E-state index in [1.807, 2.05) is 18.2 Å². The van der Waals surface area contributed by atoms with E-state index in [0.29, 0.717) is 0 Å². The van der Waals surface area contributed by atoms with Crippen LogP contribution < -0.4 is 0 Å². The molecule has 0 aromatic heterocycles. The summed E-state index contributed by atoms with van der Waals surface area (Å²) in [5.41, 5.74) is 0. The third-order valence-electron chi connectivity index (χ3n) is 1.17. The van der Waals surface area contributed by atoms with E-state index in [9.17, 15) is 4.79 Å². The predicted molar refractivity (Wildman–Crippen MR) is 46.4 cm³/mol. The number of thioether (sulfide) groups is 1. The van der Waals surface area contributed by atoms with Crippen molar-refractivity contribution >= 4 is 17.7 Å². The number of carboxylic acid groups (broad SMARTS) is 1. The van der Waals surface area contributed by atoms with Crippen LogP contribution in [0, 0.1) is 0 Å². The summed E-state index contributed by atoms with van der Waals surface area (Å²) in [7, 11) is 0. The fourth-order valence-electron chi connectivity index (χ4n) is 0.655. The lowest BCUT2D eigenvalue weighted by molar-refractivity contribution is -0.135. The highest BCUT2D eigenvalue weighted by molar-refractivity contribution is 8.03. The lowest BCUT2D eigenvalue weighted by Crippen LogP contribution is -2.12. The van der Waals surface area contributed by atoms with E-state index >= 15 is 0 Å². The van der Waals surface area contributed by atoms with Crippen LogP contribution in [0.1, 0.15) is 0 Å². The van der Waals surface area contributed by atoms with E-state index in [0.717, 1.165) is 0 Å². The van der Waals surface area contributed by atoms with Crippen molar-refractivity contribution in [2.45, 2.75) is 5.25 Å². The molecule has 0 radical (unpaired) electrons. The first-order valence-corrected chi connectivity index (χ1v) is 4.13. The Balaban J connectivity index is 2.68. The Bertz CT molecular complexity index is 228. The van der Waals surface area contributed by atoms with Gasteiger partial charge in [-0.05, 0) is 5.41 Å². The van der Waals surface area contributed by atoms with Crippen molar-refractivity contribution in [3.8, 4) is 0 Å². The van der Waals surface area contributed by atoms with Gasteiger partial charge in [-0.25, -0.2) is 0 Å². The summed E-state index contributed by atoms with van der Waals surface area (Å²) in [6, 6.07) is 0. The Hall–Kier alpha value is -0.960. The first kappa shape index (κ1) is 8.14. The molecule has 1 rings (SSSR count). The second kappa shape index (κ2) is 4.03. The average Bonchev–Trinajstić information content (AvgIpc) is 1.84. The molecule has 1 N–H and O–H groups in total. The smallest absolute Gasteiger partial charge is 0.320 e. The van der Waals surface area contributed by atoms with E-state index in [1.165, 1.54) is 11.8 Å². The van der Waals surface area contributed by atoms with E-state index in [1.54, 1.807) is 17.6 Å². The molecular weight excluding hydrogens is 160 g/mol. The molecule has 1 unspecified atom stereocenters. The molecule has 58 valence electrons. The molecule has 0 aromatic carbocycles. The molecular formula is C8H8O2S. The highest BCUT2D eigenvalue weighted by Gasteiger charge is 2.11. The maximum absolute atomic E-state index is 10.5. The van der Waals surface area contributed by atoms with Crippen LogP contribution in [0.3, 0.4) is 0 Å². The third-order valence-corrected chi connectivity index (χ3v) is 2.13. The molecule has 2 nitrogen and oxygen atoms in total. The highest BCUT2D eigenvalue weighted by Crippen LogP contribution is 2.15. The van der Waals surface area contributed by atoms with Crippen LogP contribution in [-0.4, -0.2) is 16.3 Å². The number of carbonyl (C=O) groups is 1. The van der Waals surface area contributed by atoms with Gasteiger partial charge in [0.05, 0.1) is 0 Å². The van der Waals surface area contributed by atoms with E-state index in [-0.39, 0.29) is 0 Å². The normalized spacial score (nSPS) is 31.5. The van der Waals surface area contributed by atoms with Crippen LogP contribution in [0.2, 0.25) is 0 Å². The summed E-state index contributed by atoms with van der Waals surface area (Å²) in [5.74, 6) is -0.800. The number of aliphatic carboxylic acids is 1. The van der Waals surface area contributed by atoms with Gasteiger partial charge in [-0.15, -0.1) is 11.8 Å². The minimum absolute atomic E-state index is 0.448. The number of hydrogen-bond acceptors (Lipinski definition) is 2. The van der Waals surface area contributed by atoms with Gasteiger partial charge in [0.1, 0.15) is 5.25 Å². The SMILES string of the molecule is O=C(O)C1\C=C/C=C\C=C/S1. The first-order valence-electron chi connectivity index (χ1n) is 3.19. The standard InChI is InChI=1S/C8H8O2S/c9-8(10)7-5-3-1-2-4-6-11-7/h1-7H,(H,9,10)/b2-1-,5-3-,6-4-. The largest absolute Gasteiger partial charge is 0.480 e. The van der Waals surface area contributed by atoms with Gasteiger partial charge in [-0.3, -0.25) is 4.79 Å². The van der Waals surface area contributed by atoms with Crippen molar-refractivity contribution < 1.29 is 9.90 Å². The summed E-state index contributed by atoms with van der Waals surface area (Å²) in [6.45, 7) is 0. The minimum Gasteiger partial charge on any atom is -0.480 e. The monoisotopic (exact) mass is 168 g/mol. The number of allylic oxidation sites excluding steroid dienone is 4. The van der Waals surface area contributed by atoms with Gasteiger partial charge in [0.2, 0.25) is 0 Å². The van der Waals surface area contributed by atoms with E-state index < -0.39 is 11.2 Å². The molecule has 1 heterocycles. The average molecular weight is 168 g/mol. The van der Waals surface area contributed by atoms with Crippen LogP contribution >= 0.6 is 11.8 Å². The predicted octanol–water partition coefficient (Wildman–Crippen LogP) is 1.81. The van der Waals surface area contributed by atoms with Gasteiger partial charge in [-0.2, -0.15) is 0 Å². The Kier molecular flexibility index (Phi) is 2.98. The highest BCUT2D eigenvalue weighted by atomic mass is 32.2.